The van der Waals surface area contributed by atoms with Crippen molar-refractivity contribution in [3.63, 3.8) is 0 Å². The van der Waals surface area contributed by atoms with Crippen molar-refractivity contribution in [3.8, 4) is 0 Å². The largest absolute Gasteiger partial charge is 0.466 e. The van der Waals surface area contributed by atoms with E-state index in [4.69, 9.17) is 4.74 Å². The predicted octanol–water partition coefficient (Wildman–Crippen LogP) is -0.177. The summed E-state index contributed by atoms with van der Waals surface area (Å²) >= 11 is 0. The number of carbonyl (C=O) groups is 1. The van der Waals surface area contributed by atoms with Gasteiger partial charge >= 0.3 is 5.97 Å². The third kappa shape index (κ3) is 2.66. The van der Waals surface area contributed by atoms with Gasteiger partial charge in [0.2, 0.25) is 6.54 Å². The van der Waals surface area contributed by atoms with Crippen LogP contribution in [0, 0.1) is 22.0 Å². The molecule has 0 aromatic rings. The smallest absolute Gasteiger partial charge is 0.309 e. The first-order valence-electron chi connectivity index (χ1n) is 4.52. The van der Waals surface area contributed by atoms with E-state index in [-0.39, 0.29) is 17.8 Å². The van der Waals surface area contributed by atoms with Gasteiger partial charge < -0.3 is 9.84 Å². The molecular weight excluding hydrogens is 190 g/mol. The van der Waals surface area contributed by atoms with Crippen LogP contribution in [0.2, 0.25) is 0 Å². The molecule has 6 heteroatoms. The zero-order chi connectivity index (χ0) is 10.7. The fourth-order valence-electron chi connectivity index (χ4n) is 1.45. The Kier molecular flexibility index (Phi) is 3.40. The lowest BCUT2D eigenvalue weighted by Gasteiger charge is -2.04. The molecule has 0 aromatic carbocycles. The molecule has 80 valence electrons. The third-order valence-corrected chi connectivity index (χ3v) is 2.26. The second-order valence-corrected chi connectivity index (χ2v) is 3.34. The molecule has 1 aliphatic carbocycles. The number of hydrogen-bond acceptors (Lipinski definition) is 5. The molecule has 1 aliphatic rings. The zero-order valence-corrected chi connectivity index (χ0v) is 7.88. The van der Waals surface area contributed by atoms with Gasteiger partial charge in [0.1, 0.15) is 6.10 Å². The summed E-state index contributed by atoms with van der Waals surface area (Å²) in [5, 5.41) is 19.4. The van der Waals surface area contributed by atoms with Crippen LogP contribution in [-0.4, -0.2) is 35.3 Å². The monoisotopic (exact) mass is 203 g/mol. The van der Waals surface area contributed by atoms with E-state index in [1.165, 1.54) is 0 Å². The summed E-state index contributed by atoms with van der Waals surface area (Å²) in [7, 11) is 0. The maximum absolute atomic E-state index is 11.1. The highest BCUT2D eigenvalue weighted by Crippen LogP contribution is 2.42. The van der Waals surface area contributed by atoms with E-state index in [2.05, 4.69) is 0 Å². The van der Waals surface area contributed by atoms with Crippen molar-refractivity contribution in [1.29, 1.82) is 0 Å². The van der Waals surface area contributed by atoms with Crippen LogP contribution in [-0.2, 0) is 9.53 Å². The summed E-state index contributed by atoms with van der Waals surface area (Å²) in [6.45, 7) is 1.50. The van der Waals surface area contributed by atoms with Crippen molar-refractivity contribution in [3.05, 3.63) is 10.1 Å². The first-order chi connectivity index (χ1) is 6.56. The molecule has 1 fully saturated rings. The first kappa shape index (κ1) is 10.9. The molecule has 1 N–H and O–H groups in total. The van der Waals surface area contributed by atoms with Crippen molar-refractivity contribution in [1.82, 2.24) is 0 Å². The maximum atomic E-state index is 11.1. The molecule has 0 aromatic heterocycles. The molecule has 0 saturated heterocycles. The van der Waals surface area contributed by atoms with Crippen molar-refractivity contribution >= 4 is 5.97 Å². The Morgan fingerprint density at radius 1 is 1.79 bits per heavy atom. The summed E-state index contributed by atoms with van der Waals surface area (Å²) in [6.07, 6.45) is -0.534. The van der Waals surface area contributed by atoms with Crippen LogP contribution in [0.5, 0.6) is 0 Å². The van der Waals surface area contributed by atoms with Crippen molar-refractivity contribution < 1.29 is 19.6 Å². The Morgan fingerprint density at radius 3 is 2.93 bits per heavy atom. The number of rotatable bonds is 5. The third-order valence-electron chi connectivity index (χ3n) is 2.26. The fourth-order valence-corrected chi connectivity index (χ4v) is 1.45. The number of ether oxygens (including phenoxy) is 1. The average Bonchev–Trinajstić information content (AvgIpc) is 2.81. The number of aliphatic hydroxyl groups is 1. The van der Waals surface area contributed by atoms with Crippen molar-refractivity contribution in [2.45, 2.75) is 19.4 Å². The highest BCUT2D eigenvalue weighted by atomic mass is 16.6. The molecule has 0 amide bonds. The molecule has 0 spiro atoms. The quantitative estimate of drug-likeness (QED) is 0.380. The summed E-state index contributed by atoms with van der Waals surface area (Å²) in [5.74, 6) is -0.996. The average molecular weight is 203 g/mol. The van der Waals surface area contributed by atoms with Crippen LogP contribution in [0.25, 0.3) is 0 Å². The summed E-state index contributed by atoms with van der Waals surface area (Å²) < 4.78 is 4.73. The Balaban J connectivity index is 2.31. The second-order valence-electron chi connectivity index (χ2n) is 3.34. The first-order valence-corrected chi connectivity index (χ1v) is 4.52. The standard InChI is InChI=1S/C8H13NO5/c1-2-14-8(11)6-3-5(6)7(10)4-9(12)13/h5-7,10H,2-4H2,1H3. The lowest BCUT2D eigenvalue weighted by atomic mass is 10.2. The summed E-state index contributed by atoms with van der Waals surface area (Å²) in [4.78, 5) is 20.6. The SMILES string of the molecule is CCOC(=O)C1CC1C(O)C[N+](=O)[O-]. The lowest BCUT2D eigenvalue weighted by Crippen LogP contribution is -2.23. The topological polar surface area (TPSA) is 89.7 Å². The van der Waals surface area contributed by atoms with E-state index in [1.807, 2.05) is 0 Å². The number of nitrogens with zero attached hydrogens (tertiary/aromatic N) is 1. The van der Waals surface area contributed by atoms with Gasteiger partial charge in [0.05, 0.1) is 12.5 Å². The summed E-state index contributed by atoms with van der Waals surface area (Å²) in [5.41, 5.74) is 0. The van der Waals surface area contributed by atoms with Gasteiger partial charge in [-0.2, -0.15) is 0 Å². The van der Waals surface area contributed by atoms with Gasteiger partial charge in [-0.3, -0.25) is 14.9 Å². The highest BCUT2D eigenvalue weighted by Gasteiger charge is 2.49. The molecule has 1 saturated carbocycles. The molecular formula is C8H13NO5. The van der Waals surface area contributed by atoms with Crippen molar-refractivity contribution in [2.75, 3.05) is 13.2 Å². The summed E-state index contributed by atoms with van der Waals surface area (Å²) in [6, 6.07) is 0. The van der Waals surface area contributed by atoms with Crippen LogP contribution < -0.4 is 0 Å². The minimum absolute atomic E-state index is 0.292. The number of esters is 1. The number of nitro groups is 1. The van der Waals surface area contributed by atoms with E-state index < -0.39 is 17.6 Å². The molecule has 0 radical (unpaired) electrons. The van der Waals surface area contributed by atoms with Gasteiger partial charge in [-0.15, -0.1) is 0 Å². The van der Waals surface area contributed by atoms with Gasteiger partial charge in [-0.05, 0) is 13.3 Å². The van der Waals surface area contributed by atoms with E-state index in [1.54, 1.807) is 6.92 Å². The van der Waals surface area contributed by atoms with Crippen LogP contribution in [0.15, 0.2) is 0 Å². The minimum atomic E-state index is -1.03. The van der Waals surface area contributed by atoms with Crippen LogP contribution >= 0.6 is 0 Å². The molecule has 3 unspecified atom stereocenters. The number of carbonyl (C=O) groups excluding carboxylic acids is 1. The number of aliphatic hydroxyl groups excluding tert-OH is 1. The minimum Gasteiger partial charge on any atom is -0.466 e. The Labute approximate surface area is 81.0 Å². The van der Waals surface area contributed by atoms with E-state index in [9.17, 15) is 20.0 Å². The maximum Gasteiger partial charge on any atom is 0.309 e. The predicted molar refractivity (Wildman–Crippen MR) is 46.1 cm³/mol. The molecule has 0 aliphatic heterocycles. The molecule has 0 heterocycles. The molecule has 3 atom stereocenters. The van der Waals surface area contributed by atoms with Gasteiger partial charge in [0, 0.05) is 10.8 Å². The van der Waals surface area contributed by atoms with E-state index >= 15 is 0 Å². The van der Waals surface area contributed by atoms with Crippen LogP contribution in [0.4, 0.5) is 0 Å². The van der Waals surface area contributed by atoms with Gasteiger partial charge in [-0.1, -0.05) is 0 Å². The number of hydrogen-bond donors (Lipinski definition) is 1. The second kappa shape index (κ2) is 4.36. The van der Waals surface area contributed by atoms with Crippen LogP contribution in [0.3, 0.4) is 0 Å². The Hall–Kier alpha value is -1.17. The van der Waals surface area contributed by atoms with Crippen molar-refractivity contribution in [2.24, 2.45) is 11.8 Å². The van der Waals surface area contributed by atoms with Gasteiger partial charge in [-0.25, -0.2) is 0 Å². The normalized spacial score (nSPS) is 26.7. The Morgan fingerprint density at radius 2 is 2.43 bits per heavy atom. The molecule has 1 rings (SSSR count). The fraction of sp³-hybridized carbons (Fsp3) is 0.875. The molecule has 6 nitrogen and oxygen atoms in total. The Bertz CT molecular complexity index is 242. The molecule has 0 bridgehead atoms. The molecule has 14 heavy (non-hydrogen) atoms. The lowest BCUT2D eigenvalue weighted by molar-refractivity contribution is -0.491. The van der Waals surface area contributed by atoms with Gasteiger partial charge in [0.15, 0.2) is 0 Å². The highest BCUT2D eigenvalue weighted by molar-refractivity contribution is 5.75. The zero-order valence-electron chi connectivity index (χ0n) is 7.88. The van der Waals surface area contributed by atoms with Crippen LogP contribution in [0.1, 0.15) is 13.3 Å². The van der Waals surface area contributed by atoms with Gasteiger partial charge in [0.25, 0.3) is 0 Å². The van der Waals surface area contributed by atoms with E-state index in [0.717, 1.165) is 0 Å². The van der Waals surface area contributed by atoms with E-state index in [0.29, 0.717) is 13.0 Å².